The Morgan fingerprint density at radius 1 is 1.24 bits per heavy atom. The van der Waals surface area contributed by atoms with E-state index in [2.05, 4.69) is 63.3 Å². The Bertz CT molecular complexity index is 424. The normalized spacial score (nSPS) is 11.8. The monoisotopic (exact) mass is 247 g/mol. The number of aryl methyl sites for hydroxylation is 2. The molecular formula is C14H21NOSi. The maximum absolute atomic E-state index is 5.69. The quantitative estimate of drug-likeness (QED) is 0.447. The SMILES string of the molecule is C=C(/N=C/c1c(C)cccc1C)O[Si](C)(C)C. The number of hydrogen-bond acceptors (Lipinski definition) is 2. The van der Waals surface area contributed by atoms with Gasteiger partial charge in [0.2, 0.25) is 8.32 Å². The van der Waals surface area contributed by atoms with Crippen LogP contribution in [0.15, 0.2) is 35.7 Å². The molecule has 92 valence electrons. The fourth-order valence-corrected chi connectivity index (χ4v) is 2.31. The highest BCUT2D eigenvalue weighted by Crippen LogP contribution is 2.13. The van der Waals surface area contributed by atoms with E-state index in [4.69, 9.17) is 4.43 Å². The Balaban J connectivity index is 2.81. The van der Waals surface area contributed by atoms with Gasteiger partial charge in [-0.2, -0.15) is 0 Å². The van der Waals surface area contributed by atoms with Crippen molar-refractivity contribution < 1.29 is 4.43 Å². The molecule has 0 fully saturated rings. The van der Waals surface area contributed by atoms with Crippen molar-refractivity contribution in [2.45, 2.75) is 33.5 Å². The van der Waals surface area contributed by atoms with Gasteiger partial charge in [-0.1, -0.05) is 18.2 Å². The van der Waals surface area contributed by atoms with Gasteiger partial charge in [0.05, 0.1) is 0 Å². The van der Waals surface area contributed by atoms with Gasteiger partial charge in [-0.3, -0.25) is 0 Å². The Hall–Kier alpha value is -1.35. The molecule has 0 radical (unpaired) electrons. The lowest BCUT2D eigenvalue weighted by molar-refractivity contribution is 0.421. The number of nitrogens with zero attached hydrogens (tertiary/aromatic N) is 1. The standard InChI is InChI=1S/C14H21NOSi/c1-11-8-7-9-12(2)14(11)10-15-13(3)16-17(4,5)6/h7-10H,3H2,1-2,4-6H3/b15-10+. The van der Waals surface area contributed by atoms with Crippen molar-refractivity contribution in [1.82, 2.24) is 0 Å². The average molecular weight is 247 g/mol. The van der Waals surface area contributed by atoms with E-state index in [9.17, 15) is 0 Å². The van der Waals surface area contributed by atoms with Gasteiger partial charge in [0.1, 0.15) is 0 Å². The molecule has 0 N–H and O–H groups in total. The Kier molecular flexibility index (Phi) is 4.29. The predicted octanol–water partition coefficient (Wildman–Crippen LogP) is 4.05. The van der Waals surface area contributed by atoms with E-state index in [1.807, 2.05) is 6.21 Å². The number of rotatable bonds is 4. The first-order valence-electron chi connectivity index (χ1n) is 5.78. The Labute approximate surface area is 105 Å². The largest absolute Gasteiger partial charge is 0.532 e. The first kappa shape index (κ1) is 13.7. The number of aliphatic imine (C=N–C) groups is 1. The molecule has 3 heteroatoms. The van der Waals surface area contributed by atoms with Gasteiger partial charge >= 0.3 is 0 Å². The van der Waals surface area contributed by atoms with E-state index in [1.165, 1.54) is 11.1 Å². The average Bonchev–Trinajstić information content (AvgIpc) is 2.14. The molecule has 1 aromatic carbocycles. The highest BCUT2D eigenvalue weighted by Gasteiger charge is 2.16. The molecule has 17 heavy (non-hydrogen) atoms. The zero-order chi connectivity index (χ0) is 13.1. The zero-order valence-corrected chi connectivity index (χ0v) is 12.4. The van der Waals surface area contributed by atoms with E-state index in [1.54, 1.807) is 0 Å². The maximum Gasteiger partial charge on any atom is 0.244 e. The minimum Gasteiger partial charge on any atom is -0.532 e. The van der Waals surface area contributed by atoms with Gasteiger partial charge in [-0.25, -0.2) is 4.99 Å². The molecule has 0 aliphatic carbocycles. The third kappa shape index (κ3) is 4.57. The van der Waals surface area contributed by atoms with E-state index in [-0.39, 0.29) is 0 Å². The molecule has 0 aromatic heterocycles. The van der Waals surface area contributed by atoms with Crippen LogP contribution in [-0.4, -0.2) is 14.5 Å². The second-order valence-corrected chi connectivity index (χ2v) is 9.60. The molecule has 0 heterocycles. The van der Waals surface area contributed by atoms with E-state index in [0.29, 0.717) is 5.88 Å². The van der Waals surface area contributed by atoms with Crippen molar-refractivity contribution >= 4 is 14.5 Å². The van der Waals surface area contributed by atoms with E-state index in [0.717, 1.165) is 5.56 Å². The molecule has 0 bridgehead atoms. The smallest absolute Gasteiger partial charge is 0.244 e. The van der Waals surface area contributed by atoms with Crippen molar-refractivity contribution in [3.05, 3.63) is 47.4 Å². The van der Waals surface area contributed by atoms with Crippen LogP contribution in [0.5, 0.6) is 0 Å². The van der Waals surface area contributed by atoms with Gasteiger partial charge < -0.3 is 4.43 Å². The molecule has 0 spiro atoms. The summed E-state index contributed by atoms with van der Waals surface area (Å²) in [4.78, 5) is 4.29. The van der Waals surface area contributed by atoms with Gasteiger partial charge in [0.25, 0.3) is 0 Å². The van der Waals surface area contributed by atoms with Crippen molar-refractivity contribution in [1.29, 1.82) is 0 Å². The van der Waals surface area contributed by atoms with Crippen LogP contribution < -0.4 is 0 Å². The molecule has 0 amide bonds. The summed E-state index contributed by atoms with van der Waals surface area (Å²) in [6.07, 6.45) is 1.84. The fraction of sp³-hybridized carbons (Fsp3) is 0.357. The van der Waals surface area contributed by atoms with Crippen LogP contribution >= 0.6 is 0 Å². The van der Waals surface area contributed by atoms with Crippen LogP contribution in [0.4, 0.5) is 0 Å². The Morgan fingerprint density at radius 2 is 1.76 bits per heavy atom. The third-order valence-electron chi connectivity index (χ3n) is 2.30. The van der Waals surface area contributed by atoms with Gasteiger partial charge in [0, 0.05) is 6.21 Å². The summed E-state index contributed by atoms with van der Waals surface area (Å²) >= 11 is 0. The van der Waals surface area contributed by atoms with E-state index >= 15 is 0 Å². The second-order valence-electron chi connectivity index (χ2n) is 5.17. The van der Waals surface area contributed by atoms with Crippen molar-refractivity contribution in [2.75, 3.05) is 0 Å². The Morgan fingerprint density at radius 3 is 2.24 bits per heavy atom. The van der Waals surface area contributed by atoms with Gasteiger partial charge in [0.15, 0.2) is 5.88 Å². The molecule has 0 aliphatic heterocycles. The molecule has 0 saturated carbocycles. The summed E-state index contributed by atoms with van der Waals surface area (Å²) in [6, 6.07) is 6.21. The van der Waals surface area contributed by atoms with Crippen molar-refractivity contribution in [2.24, 2.45) is 4.99 Å². The topological polar surface area (TPSA) is 21.6 Å². The van der Waals surface area contributed by atoms with Crippen molar-refractivity contribution in [3.8, 4) is 0 Å². The van der Waals surface area contributed by atoms with Gasteiger partial charge in [-0.05, 0) is 56.8 Å². The van der Waals surface area contributed by atoms with Gasteiger partial charge in [-0.15, -0.1) is 0 Å². The summed E-state index contributed by atoms with van der Waals surface area (Å²) < 4.78 is 5.69. The number of benzene rings is 1. The molecule has 2 nitrogen and oxygen atoms in total. The fourth-order valence-electron chi connectivity index (χ4n) is 1.55. The predicted molar refractivity (Wildman–Crippen MR) is 77.1 cm³/mol. The first-order valence-corrected chi connectivity index (χ1v) is 9.18. The highest BCUT2D eigenvalue weighted by molar-refractivity contribution is 6.70. The maximum atomic E-state index is 5.69. The molecule has 1 aromatic rings. The lowest BCUT2D eigenvalue weighted by atomic mass is 10.0. The van der Waals surface area contributed by atoms with E-state index < -0.39 is 8.32 Å². The van der Waals surface area contributed by atoms with Crippen LogP contribution in [0.2, 0.25) is 19.6 Å². The summed E-state index contributed by atoms with van der Waals surface area (Å²) in [6.45, 7) is 14.3. The molecule has 0 unspecified atom stereocenters. The van der Waals surface area contributed by atoms with Crippen LogP contribution in [0.1, 0.15) is 16.7 Å². The third-order valence-corrected chi connectivity index (χ3v) is 3.15. The molecule has 0 aliphatic rings. The molecule has 1 rings (SSSR count). The number of hydrogen-bond donors (Lipinski definition) is 0. The molecular weight excluding hydrogens is 226 g/mol. The second kappa shape index (κ2) is 5.32. The summed E-state index contributed by atoms with van der Waals surface area (Å²) in [5, 5.41) is 0. The van der Waals surface area contributed by atoms with Crippen LogP contribution in [-0.2, 0) is 4.43 Å². The first-order chi connectivity index (χ1) is 7.79. The summed E-state index contributed by atoms with van der Waals surface area (Å²) in [7, 11) is -1.60. The van der Waals surface area contributed by atoms with Crippen molar-refractivity contribution in [3.63, 3.8) is 0 Å². The highest BCUT2D eigenvalue weighted by atomic mass is 28.4. The molecule has 0 atom stereocenters. The summed E-state index contributed by atoms with van der Waals surface area (Å²) in [5.74, 6) is 0.506. The minimum absolute atomic E-state index is 0.506. The lowest BCUT2D eigenvalue weighted by Gasteiger charge is -2.18. The lowest BCUT2D eigenvalue weighted by Crippen LogP contribution is -2.24. The van der Waals surface area contributed by atoms with Crippen LogP contribution in [0, 0.1) is 13.8 Å². The van der Waals surface area contributed by atoms with Crippen LogP contribution in [0.25, 0.3) is 0 Å². The minimum atomic E-state index is -1.60. The summed E-state index contributed by atoms with van der Waals surface area (Å²) in [5.41, 5.74) is 3.58. The molecule has 0 saturated heterocycles. The van der Waals surface area contributed by atoms with Crippen LogP contribution in [0.3, 0.4) is 0 Å². The zero-order valence-electron chi connectivity index (χ0n) is 11.4.